The van der Waals surface area contributed by atoms with Crippen molar-refractivity contribution in [1.29, 1.82) is 0 Å². The lowest BCUT2D eigenvalue weighted by Gasteiger charge is -2.31. The van der Waals surface area contributed by atoms with Gasteiger partial charge < -0.3 is 19.9 Å². The first-order valence-corrected chi connectivity index (χ1v) is 12.5. The van der Waals surface area contributed by atoms with Crippen molar-refractivity contribution < 1.29 is 19.1 Å². The lowest BCUT2D eigenvalue weighted by Crippen LogP contribution is -2.43. The molecule has 0 saturated carbocycles. The number of carbonyl (C=O) groups is 3. The van der Waals surface area contributed by atoms with Gasteiger partial charge in [-0.25, -0.2) is 4.79 Å². The Labute approximate surface area is 197 Å². The molecule has 1 aliphatic heterocycles. The molecule has 2 aliphatic rings. The van der Waals surface area contributed by atoms with Gasteiger partial charge in [0.2, 0.25) is 11.8 Å². The molecule has 1 aromatic heterocycles. The highest BCUT2D eigenvalue weighted by Gasteiger charge is 2.27. The zero-order valence-electron chi connectivity index (χ0n) is 20.4. The van der Waals surface area contributed by atoms with E-state index in [2.05, 4.69) is 16.4 Å². The molecule has 0 spiro atoms. The molecule has 2 heterocycles. The molecule has 0 aromatic carbocycles. The van der Waals surface area contributed by atoms with Crippen LogP contribution in [0.1, 0.15) is 85.6 Å². The Morgan fingerprint density at radius 1 is 1.15 bits per heavy atom. The predicted octanol–water partition coefficient (Wildman–Crippen LogP) is 3.99. The summed E-state index contributed by atoms with van der Waals surface area (Å²) < 4.78 is 5.10. The van der Waals surface area contributed by atoms with E-state index in [4.69, 9.17) is 4.74 Å². The van der Waals surface area contributed by atoms with Crippen molar-refractivity contribution in [3.05, 3.63) is 34.2 Å². The molecular weight excluding hydrogens is 418 g/mol. The van der Waals surface area contributed by atoms with Crippen molar-refractivity contribution in [1.82, 2.24) is 15.2 Å². The van der Waals surface area contributed by atoms with Gasteiger partial charge in [-0.15, -0.1) is 0 Å². The highest BCUT2D eigenvalue weighted by atomic mass is 16.5. The van der Waals surface area contributed by atoms with E-state index >= 15 is 0 Å². The molecule has 2 N–H and O–H groups in total. The van der Waals surface area contributed by atoms with E-state index in [-0.39, 0.29) is 23.7 Å². The summed E-state index contributed by atoms with van der Waals surface area (Å²) in [4.78, 5) is 42.4. The van der Waals surface area contributed by atoms with Gasteiger partial charge in [-0.05, 0) is 83.3 Å². The number of likely N-dealkylation sites (tertiary alicyclic amines) is 1. The third-order valence-electron chi connectivity index (χ3n) is 7.01. The summed E-state index contributed by atoms with van der Waals surface area (Å²) in [7, 11) is 0. The number of esters is 1. The van der Waals surface area contributed by atoms with Gasteiger partial charge in [0.1, 0.15) is 5.69 Å². The number of ether oxygens (including phenoxy) is 1. The van der Waals surface area contributed by atoms with E-state index in [1.807, 2.05) is 18.7 Å². The minimum absolute atomic E-state index is 0.00400. The fraction of sp³-hybridized carbons (Fsp3) is 0.654. The minimum atomic E-state index is -0.355. The van der Waals surface area contributed by atoms with Gasteiger partial charge in [-0.3, -0.25) is 9.59 Å². The maximum atomic E-state index is 12.8. The SMILES string of the molecule is CCOC(=O)c1[nH]c(C)c(CCC(=O)N2CCC(C(=O)NCCC3=CCCCC3)CC2)c1C. The van der Waals surface area contributed by atoms with Crippen molar-refractivity contribution in [3.8, 4) is 0 Å². The summed E-state index contributed by atoms with van der Waals surface area (Å²) in [6, 6.07) is 0. The number of aromatic amines is 1. The molecule has 1 saturated heterocycles. The molecule has 7 nitrogen and oxygen atoms in total. The average molecular weight is 458 g/mol. The van der Waals surface area contributed by atoms with Crippen LogP contribution in [0.25, 0.3) is 0 Å². The first-order valence-electron chi connectivity index (χ1n) is 12.5. The van der Waals surface area contributed by atoms with E-state index in [0.29, 0.717) is 44.8 Å². The van der Waals surface area contributed by atoms with Gasteiger partial charge in [0.15, 0.2) is 0 Å². The standard InChI is InChI=1S/C26H39N3O4/c1-4-33-26(32)24-18(2)22(19(3)28-24)10-11-23(30)29-16-13-21(14-17-29)25(31)27-15-12-20-8-6-5-7-9-20/h8,21,28H,4-7,9-17H2,1-3H3,(H,27,31). The normalized spacial score (nSPS) is 16.9. The fourth-order valence-electron chi connectivity index (χ4n) is 4.97. The maximum Gasteiger partial charge on any atom is 0.355 e. The molecule has 0 bridgehead atoms. The van der Waals surface area contributed by atoms with E-state index in [1.54, 1.807) is 6.92 Å². The molecule has 2 amide bonds. The lowest BCUT2D eigenvalue weighted by atomic mass is 9.94. The number of amides is 2. The minimum Gasteiger partial charge on any atom is -0.461 e. The van der Waals surface area contributed by atoms with Gasteiger partial charge in [0, 0.05) is 37.7 Å². The van der Waals surface area contributed by atoms with Crippen LogP contribution in [-0.4, -0.2) is 53.9 Å². The average Bonchev–Trinajstić information content (AvgIpc) is 3.11. The van der Waals surface area contributed by atoms with E-state index < -0.39 is 0 Å². The summed E-state index contributed by atoms with van der Waals surface area (Å²) in [6.45, 7) is 7.89. The topological polar surface area (TPSA) is 91.5 Å². The number of aryl methyl sites for hydroxylation is 1. The number of piperidine rings is 1. The Kier molecular flexibility index (Phi) is 9.15. The van der Waals surface area contributed by atoms with Crippen LogP contribution in [0.3, 0.4) is 0 Å². The number of carbonyl (C=O) groups excluding carboxylic acids is 3. The molecule has 1 aromatic rings. The number of aromatic nitrogens is 1. The molecule has 1 aliphatic carbocycles. The second kappa shape index (κ2) is 12.1. The highest BCUT2D eigenvalue weighted by molar-refractivity contribution is 5.90. The van der Waals surface area contributed by atoms with Crippen LogP contribution in [0.4, 0.5) is 0 Å². The van der Waals surface area contributed by atoms with Gasteiger partial charge in [0.25, 0.3) is 0 Å². The number of hydrogen-bond acceptors (Lipinski definition) is 4. The smallest absolute Gasteiger partial charge is 0.355 e. The maximum absolute atomic E-state index is 12.8. The Bertz CT molecular complexity index is 878. The van der Waals surface area contributed by atoms with Crippen molar-refractivity contribution in [2.24, 2.45) is 5.92 Å². The summed E-state index contributed by atoms with van der Waals surface area (Å²) in [5.74, 6) is -0.124. The Balaban J connectivity index is 1.41. The van der Waals surface area contributed by atoms with Crippen LogP contribution in [0.15, 0.2) is 11.6 Å². The number of rotatable bonds is 9. The largest absolute Gasteiger partial charge is 0.461 e. The van der Waals surface area contributed by atoms with Gasteiger partial charge in [-0.2, -0.15) is 0 Å². The molecular formula is C26H39N3O4. The first-order chi connectivity index (χ1) is 15.9. The summed E-state index contributed by atoms with van der Waals surface area (Å²) in [5.41, 5.74) is 4.72. The van der Waals surface area contributed by atoms with Crippen LogP contribution in [0, 0.1) is 19.8 Å². The Morgan fingerprint density at radius 2 is 1.91 bits per heavy atom. The summed E-state index contributed by atoms with van der Waals surface area (Å²) in [5, 5.41) is 3.10. The third-order valence-corrected chi connectivity index (χ3v) is 7.01. The third kappa shape index (κ3) is 6.71. The van der Waals surface area contributed by atoms with E-state index in [1.165, 1.54) is 31.3 Å². The van der Waals surface area contributed by atoms with Crippen LogP contribution < -0.4 is 5.32 Å². The van der Waals surface area contributed by atoms with Gasteiger partial charge in [0.05, 0.1) is 6.61 Å². The van der Waals surface area contributed by atoms with Crippen LogP contribution >= 0.6 is 0 Å². The summed E-state index contributed by atoms with van der Waals surface area (Å²) in [6.07, 6.45) is 10.6. The second-order valence-electron chi connectivity index (χ2n) is 9.25. The van der Waals surface area contributed by atoms with Crippen molar-refractivity contribution in [2.45, 2.75) is 78.6 Å². The molecule has 1 fully saturated rings. The molecule has 7 heteroatoms. The number of allylic oxidation sites excluding steroid dienone is 1. The molecule has 0 atom stereocenters. The number of nitrogens with one attached hydrogen (secondary N) is 2. The van der Waals surface area contributed by atoms with Crippen molar-refractivity contribution >= 4 is 17.8 Å². The number of hydrogen-bond donors (Lipinski definition) is 2. The quantitative estimate of drug-likeness (QED) is 0.433. The Morgan fingerprint density at radius 3 is 2.58 bits per heavy atom. The number of H-pyrrole nitrogens is 1. The molecule has 33 heavy (non-hydrogen) atoms. The Hall–Kier alpha value is -2.57. The van der Waals surface area contributed by atoms with Crippen molar-refractivity contribution in [2.75, 3.05) is 26.2 Å². The lowest BCUT2D eigenvalue weighted by molar-refractivity contribution is -0.135. The first kappa shape index (κ1) is 25.1. The second-order valence-corrected chi connectivity index (χ2v) is 9.25. The molecule has 3 rings (SSSR count). The molecule has 0 unspecified atom stereocenters. The summed E-state index contributed by atoms with van der Waals surface area (Å²) >= 11 is 0. The van der Waals surface area contributed by atoms with Gasteiger partial charge in [-0.1, -0.05) is 11.6 Å². The van der Waals surface area contributed by atoms with Crippen molar-refractivity contribution in [3.63, 3.8) is 0 Å². The zero-order valence-corrected chi connectivity index (χ0v) is 20.4. The monoisotopic (exact) mass is 457 g/mol. The predicted molar refractivity (Wildman–Crippen MR) is 128 cm³/mol. The fourth-order valence-corrected chi connectivity index (χ4v) is 4.97. The van der Waals surface area contributed by atoms with E-state index in [9.17, 15) is 14.4 Å². The van der Waals surface area contributed by atoms with Crippen LogP contribution in [0.2, 0.25) is 0 Å². The van der Waals surface area contributed by atoms with E-state index in [0.717, 1.165) is 36.1 Å². The number of nitrogens with zero attached hydrogens (tertiary/aromatic N) is 1. The molecule has 182 valence electrons. The zero-order chi connectivity index (χ0) is 23.8. The van der Waals surface area contributed by atoms with Crippen LogP contribution in [0.5, 0.6) is 0 Å². The highest BCUT2D eigenvalue weighted by Crippen LogP contribution is 2.23. The van der Waals surface area contributed by atoms with Gasteiger partial charge >= 0.3 is 5.97 Å². The van der Waals surface area contributed by atoms with Crippen LogP contribution in [-0.2, 0) is 20.7 Å². The molecule has 0 radical (unpaired) electrons.